The molecule has 0 aromatic carbocycles. The van der Waals surface area contributed by atoms with Gasteiger partial charge in [-0.1, -0.05) is 106 Å². The van der Waals surface area contributed by atoms with E-state index in [-0.39, 0.29) is 109 Å². The van der Waals surface area contributed by atoms with Gasteiger partial charge in [0.05, 0.1) is 49.8 Å². The zero-order chi connectivity index (χ0) is 105. The van der Waals surface area contributed by atoms with E-state index in [0.717, 1.165) is 107 Å². The Labute approximate surface area is 834 Å². The minimum Gasteiger partial charge on any atom is -0.480 e. The number of Topliss-reactive ketones (excluding diaryl/α,β-unsaturated/α-hetero) is 4. The molecule has 0 unspecified atom stereocenters. The van der Waals surface area contributed by atoms with Gasteiger partial charge in [0.15, 0.2) is 17.3 Å². The van der Waals surface area contributed by atoms with Crippen LogP contribution in [0.25, 0.3) is 0 Å². The van der Waals surface area contributed by atoms with Crippen LogP contribution in [0.4, 0.5) is 0 Å². The fraction of sp³-hybridized carbons (Fsp3) is 0.796. The van der Waals surface area contributed by atoms with Crippen LogP contribution in [-0.2, 0) is 110 Å². The average Bonchev–Trinajstić information content (AvgIpc) is 0.773. The summed E-state index contributed by atoms with van der Waals surface area (Å²) in [6.07, 6.45) is 27.4. The van der Waals surface area contributed by atoms with Gasteiger partial charge in [-0.3, -0.25) is 52.7 Å². The number of aliphatic carboxylic acids is 3. The van der Waals surface area contributed by atoms with Crippen molar-refractivity contribution in [3.63, 3.8) is 0 Å². The van der Waals surface area contributed by atoms with E-state index in [1.54, 1.807) is 62.2 Å². The third-order valence-corrected chi connectivity index (χ3v) is 32.2. The molecule has 9 rings (SSSR count). The number of nitrogens with one attached hydrogen (secondary N) is 1. The molecule has 6 aliphatic heterocycles. The number of ether oxygens (including phenoxy) is 9. The molecule has 796 valence electrons. The van der Waals surface area contributed by atoms with Crippen molar-refractivity contribution in [2.75, 3.05) is 68.9 Å². The Balaban J connectivity index is 0.000000320. The predicted molar refractivity (Wildman–Crippen MR) is 531 cm³/mol. The zero-order valence-corrected chi connectivity index (χ0v) is 88.8. The second kappa shape index (κ2) is 58.5. The van der Waals surface area contributed by atoms with Crippen molar-refractivity contribution in [1.82, 2.24) is 20.0 Å². The molecule has 3 saturated carbocycles. The lowest BCUT2D eigenvalue weighted by molar-refractivity contribution is -0.184. The molecule has 0 aromatic heterocycles. The molecule has 3 aliphatic carbocycles. The predicted octanol–water partition coefficient (Wildman–Crippen LogP) is 14.4. The standard InChI is InChI=1S/C34H56N2O8.C21H33NO7.C21H33NO6.C19H30O3.C13H25NO3/c1-20(2)28(43-7)18-26-14-12-23(5)34(6,44-26)30(38)32(40)36-15-9-8-10-27(36)31(39)35-29(33(41)42)22(4)16-24-13-11-21(3)25(17-24)19-37;1-13-9-10-15(12-17(27-4)14(2)23)29-21(13,3)18(24)19(25)22-11-7-6-8-16(22)20(26)28-5;1-13(2)17(27-5)12-15-10-9-14(3)21(4,28-15)18(23)19(24)22-11-7-6-8-16(22)20(25)26;1-13(6-9-18(21)15(3)11-16(4)20)10-17-8-7-14(2)19(12-17)22-5;1-8-4-5-10(7-11(8)17-3)6-9(2)12(14)13(15)16/h21-29,37H,1,8-19H2,2-7H3,(H,35,39)(H,41,42);13,15-17H,6-12H2,1-5H3;14-17H,1,6-12H2,2-5H3,(H,25,26);6,9,11,13-14,17,19H,7-8,10,12H2,1-5H3;8-12H,4-7,14H2,1-3H3,(H,15,16)/b;;;9-6+,15-11+;/t21-,22-,23-,24+,25+,26+,27+,28+,29-,34-;13-,15+,16+,17+,21-;14-,15+,16+,17+,21-;13-,14+,17-,19+;8-,9-,10+,11-,12+/m11101/s1. The summed E-state index contributed by atoms with van der Waals surface area (Å²) in [4.78, 5) is 179. The van der Waals surface area contributed by atoms with Crippen molar-refractivity contribution in [3.8, 4) is 0 Å². The van der Waals surface area contributed by atoms with Gasteiger partial charge in [-0.25, -0.2) is 14.4 Å². The van der Waals surface area contributed by atoms with E-state index in [1.807, 2.05) is 54.5 Å². The lowest BCUT2D eigenvalue weighted by Crippen LogP contribution is -2.61. The van der Waals surface area contributed by atoms with Crippen molar-refractivity contribution >= 4 is 82.2 Å². The van der Waals surface area contributed by atoms with Crippen molar-refractivity contribution in [1.29, 1.82) is 0 Å². The Bertz CT molecular complexity index is 4190. The smallest absolute Gasteiger partial charge is 0.328 e. The number of nitrogens with two attached hydrogens (primary N) is 1. The van der Waals surface area contributed by atoms with Gasteiger partial charge in [-0.15, -0.1) is 0 Å². The molecule has 0 bridgehead atoms. The summed E-state index contributed by atoms with van der Waals surface area (Å²) in [6, 6.07) is -4.46. The Morgan fingerprint density at radius 3 is 1.21 bits per heavy atom. The highest BCUT2D eigenvalue weighted by Gasteiger charge is 2.55. The number of piperidine rings is 3. The first kappa shape index (κ1) is 123. The fourth-order valence-corrected chi connectivity index (χ4v) is 22.1. The first-order valence-corrected chi connectivity index (χ1v) is 51.7. The topological polar surface area (TPSA) is 451 Å². The number of hydrogen-bond acceptors (Lipinski definition) is 25. The molecule has 140 heavy (non-hydrogen) atoms. The number of aliphatic hydroxyl groups excluding tert-OH is 1. The highest BCUT2D eigenvalue weighted by molar-refractivity contribution is 6.40. The van der Waals surface area contributed by atoms with E-state index >= 15 is 0 Å². The number of carbonyl (C=O) groups is 14. The lowest BCUT2D eigenvalue weighted by atomic mass is 9.72. The van der Waals surface area contributed by atoms with E-state index in [1.165, 1.54) is 61.7 Å². The van der Waals surface area contributed by atoms with Crippen LogP contribution >= 0.6 is 0 Å². The molecule has 6 heterocycles. The summed E-state index contributed by atoms with van der Waals surface area (Å²) in [7, 11) is 9.53. The number of likely N-dealkylation sites (tertiary alicyclic amines) is 3. The normalized spacial score (nSPS) is 31.6. The van der Waals surface area contributed by atoms with Gasteiger partial charge in [0.2, 0.25) is 5.91 Å². The third kappa shape index (κ3) is 35.1. The summed E-state index contributed by atoms with van der Waals surface area (Å²) < 4.78 is 50.7. The van der Waals surface area contributed by atoms with Crippen LogP contribution in [0.15, 0.2) is 48.1 Å². The molecule has 29 atom stereocenters. The van der Waals surface area contributed by atoms with Crippen LogP contribution in [0, 0.1) is 76.9 Å². The first-order valence-electron chi connectivity index (χ1n) is 51.7. The second-order valence-corrected chi connectivity index (χ2v) is 43.0. The third-order valence-electron chi connectivity index (χ3n) is 32.2. The number of ketones is 6. The number of carboxylic acid groups (broad SMARTS) is 3. The maximum Gasteiger partial charge on any atom is 0.328 e. The van der Waals surface area contributed by atoms with Gasteiger partial charge in [0.1, 0.15) is 53.1 Å². The van der Waals surface area contributed by atoms with E-state index < -0.39 is 118 Å². The maximum absolute atomic E-state index is 13.9. The molecule has 32 heteroatoms. The van der Waals surface area contributed by atoms with Gasteiger partial charge in [-0.05, 0) is 311 Å². The summed E-state index contributed by atoms with van der Waals surface area (Å²) in [6.45, 7) is 40.5. The zero-order valence-electron chi connectivity index (χ0n) is 88.8. The van der Waals surface area contributed by atoms with Crippen molar-refractivity contribution < 1.29 is 130 Å². The first-order chi connectivity index (χ1) is 65.8. The Kier molecular flexibility index (Phi) is 51.3. The molecule has 0 spiro atoms. The number of nitrogens with zero attached hydrogens (tertiary/aromatic N) is 3. The van der Waals surface area contributed by atoms with E-state index in [9.17, 15) is 82.4 Å². The largest absolute Gasteiger partial charge is 0.480 e. The number of carboxylic acids is 3. The molecule has 0 radical (unpaired) electrons. The van der Waals surface area contributed by atoms with Gasteiger partial charge in [0.25, 0.3) is 35.1 Å². The molecule has 32 nitrogen and oxygen atoms in total. The van der Waals surface area contributed by atoms with Crippen LogP contribution in [0.3, 0.4) is 0 Å². The molecule has 4 amide bonds. The van der Waals surface area contributed by atoms with Gasteiger partial charge < -0.3 is 88.8 Å². The average molecular weight is 1980 g/mol. The number of esters is 1. The maximum atomic E-state index is 13.9. The SMILES string of the molecule is C=C(C)[C@H](C[C@@H]1CC[C@@H](C)[C@](C)(C(=O)C(=O)N2CCCC[C@H]2C(=O)N[C@@H](C(=O)O)[C@H](C)C[C@@H]2CC[C@@H](C)[C@H](CO)C2)O1)OC.C=C(C)[C@H](C[C@@H]1CC[C@@H](C)[C@](C)(C(=O)C(=O)N2CCCC[C@H]2C(=O)O)O1)OC.COC(=O)[C@@H]1CCCCN1C(=O)C(=O)[C@]1(C)O[C@H](C[C@H](OC)C(C)=O)CC[C@H]1C.CO[C@@H]1C[C@H](C[C@@H](C)/C=C/C(=O)/C(C)=C/C(C)=O)CC[C@H]1C.CO[C@@H]1C[C@H](C[C@@H](C)[C@H](N)C(=O)O)CC[C@H]1C. The minimum absolute atomic E-state index is 0.0309. The minimum atomic E-state index is -1.35. The summed E-state index contributed by atoms with van der Waals surface area (Å²) in [5.74, 6) is -5.63. The number of rotatable bonds is 39. The number of methoxy groups -OCH3 is 6. The van der Waals surface area contributed by atoms with E-state index in [2.05, 4.69) is 46.2 Å². The van der Waals surface area contributed by atoms with Crippen LogP contribution < -0.4 is 11.1 Å². The second-order valence-electron chi connectivity index (χ2n) is 43.0. The Morgan fingerprint density at radius 2 is 0.843 bits per heavy atom. The van der Waals surface area contributed by atoms with Crippen LogP contribution in [0.5, 0.6) is 0 Å². The van der Waals surface area contributed by atoms with Crippen LogP contribution in [0.2, 0.25) is 0 Å². The quantitative estimate of drug-likeness (QED) is 0.0144. The highest BCUT2D eigenvalue weighted by atomic mass is 16.5. The summed E-state index contributed by atoms with van der Waals surface area (Å²) >= 11 is 0. The molecule has 9 fully saturated rings. The van der Waals surface area contributed by atoms with Crippen molar-refractivity contribution in [2.24, 2.45) is 82.7 Å². The van der Waals surface area contributed by atoms with E-state index in [0.29, 0.717) is 143 Å². The van der Waals surface area contributed by atoms with E-state index in [4.69, 9.17) is 53.5 Å². The summed E-state index contributed by atoms with van der Waals surface area (Å²) in [5, 5.41) is 40.9. The number of aliphatic hydroxyl groups is 1. The Morgan fingerprint density at radius 1 is 0.464 bits per heavy atom. The monoisotopic (exact) mass is 1980 g/mol. The molecule has 9 aliphatic rings. The number of hydrogen-bond donors (Lipinski definition) is 6. The summed E-state index contributed by atoms with van der Waals surface area (Å²) in [5.41, 5.74) is 3.95. The molecular formula is C108H177N5O27. The number of carbonyl (C=O) groups excluding carboxylic acids is 11. The molecule has 6 saturated heterocycles. The molecular weight excluding hydrogens is 1800 g/mol. The lowest BCUT2D eigenvalue weighted by Gasteiger charge is -2.44. The number of allylic oxidation sites excluding steroid dienone is 4. The van der Waals surface area contributed by atoms with Crippen LogP contribution in [0.1, 0.15) is 310 Å². The molecule has 7 N–H and O–H groups in total. The fourth-order valence-electron chi connectivity index (χ4n) is 22.1. The van der Waals surface area contributed by atoms with Gasteiger partial charge in [-0.2, -0.15) is 0 Å². The van der Waals surface area contributed by atoms with Crippen molar-refractivity contribution in [2.45, 2.75) is 406 Å². The van der Waals surface area contributed by atoms with Gasteiger partial charge >= 0.3 is 23.9 Å². The van der Waals surface area contributed by atoms with Crippen LogP contribution in [-0.4, -0.2) is 282 Å². The molecule has 0 aromatic rings. The highest BCUT2D eigenvalue weighted by Crippen LogP contribution is 2.44. The number of amides is 4. The van der Waals surface area contributed by atoms with Crippen molar-refractivity contribution in [3.05, 3.63) is 48.1 Å². The van der Waals surface area contributed by atoms with Gasteiger partial charge in [0, 0.05) is 81.1 Å². The Hall–Kier alpha value is -7.66.